The van der Waals surface area contributed by atoms with Crippen molar-refractivity contribution in [1.82, 2.24) is 10.3 Å². The molecule has 0 aliphatic carbocycles. The molecule has 104 valence electrons. The fourth-order valence-electron chi connectivity index (χ4n) is 1.86. The van der Waals surface area contributed by atoms with E-state index in [1.807, 2.05) is 25.3 Å². The first kappa shape index (κ1) is 14.7. The molecule has 0 saturated carbocycles. The Balaban J connectivity index is 1.98. The quantitative estimate of drug-likeness (QED) is 0.881. The van der Waals surface area contributed by atoms with Crippen LogP contribution in [-0.4, -0.2) is 16.1 Å². The second-order valence-corrected chi connectivity index (χ2v) is 5.37. The number of aryl methyl sites for hydroxylation is 1. The van der Waals surface area contributed by atoms with E-state index in [-0.39, 0.29) is 5.56 Å². The molecule has 0 bridgehead atoms. The third-order valence-electron chi connectivity index (χ3n) is 3.07. The van der Waals surface area contributed by atoms with E-state index in [4.69, 9.17) is 5.11 Å². The van der Waals surface area contributed by atoms with Gasteiger partial charge in [-0.2, -0.15) is 0 Å². The van der Waals surface area contributed by atoms with E-state index in [9.17, 15) is 4.79 Å². The number of aromatic nitrogens is 1. The minimum atomic E-state index is -0.919. The van der Waals surface area contributed by atoms with Gasteiger partial charge in [0.05, 0.1) is 5.56 Å². The van der Waals surface area contributed by atoms with Crippen LogP contribution >= 0.6 is 15.9 Å². The van der Waals surface area contributed by atoms with Crippen LogP contribution in [0.25, 0.3) is 0 Å². The number of halogens is 1. The molecule has 0 fully saturated rings. The highest BCUT2D eigenvalue weighted by molar-refractivity contribution is 9.10. The van der Waals surface area contributed by atoms with Crippen molar-refractivity contribution in [2.75, 3.05) is 0 Å². The Morgan fingerprint density at radius 2 is 2.05 bits per heavy atom. The zero-order valence-corrected chi connectivity index (χ0v) is 12.6. The number of carboxylic acids is 1. The molecule has 20 heavy (non-hydrogen) atoms. The molecule has 4 nitrogen and oxygen atoms in total. The van der Waals surface area contributed by atoms with Crippen LogP contribution in [0, 0.1) is 6.92 Å². The van der Waals surface area contributed by atoms with Crippen LogP contribution in [0.5, 0.6) is 0 Å². The smallest absolute Gasteiger partial charge is 0.335 e. The van der Waals surface area contributed by atoms with Gasteiger partial charge < -0.3 is 10.4 Å². The molecule has 0 aliphatic rings. The third kappa shape index (κ3) is 3.65. The highest BCUT2D eigenvalue weighted by Crippen LogP contribution is 2.19. The first-order chi connectivity index (χ1) is 9.58. The van der Waals surface area contributed by atoms with Gasteiger partial charge in [-0.3, -0.25) is 4.98 Å². The van der Waals surface area contributed by atoms with Gasteiger partial charge in [0.25, 0.3) is 0 Å². The number of hydrogen-bond acceptors (Lipinski definition) is 3. The maximum absolute atomic E-state index is 10.9. The molecule has 0 spiro atoms. The number of rotatable bonds is 5. The van der Waals surface area contributed by atoms with Gasteiger partial charge in [-0.1, -0.05) is 22.0 Å². The Hall–Kier alpha value is -1.72. The summed E-state index contributed by atoms with van der Waals surface area (Å²) in [5, 5.41) is 12.3. The first-order valence-electron chi connectivity index (χ1n) is 6.20. The molecule has 0 saturated heterocycles. The van der Waals surface area contributed by atoms with E-state index >= 15 is 0 Å². The summed E-state index contributed by atoms with van der Waals surface area (Å²) in [6.07, 6.45) is 3.62. The van der Waals surface area contributed by atoms with Crippen molar-refractivity contribution in [3.05, 3.63) is 63.4 Å². The van der Waals surface area contributed by atoms with Crippen LogP contribution in [0.3, 0.4) is 0 Å². The Morgan fingerprint density at radius 3 is 2.70 bits per heavy atom. The molecule has 2 aromatic rings. The molecular formula is C15H15BrN2O2. The largest absolute Gasteiger partial charge is 0.478 e. The van der Waals surface area contributed by atoms with Crippen LogP contribution in [0.2, 0.25) is 0 Å². The van der Waals surface area contributed by atoms with Crippen LogP contribution in [-0.2, 0) is 13.1 Å². The topological polar surface area (TPSA) is 62.2 Å². The lowest BCUT2D eigenvalue weighted by Gasteiger charge is -2.09. The van der Waals surface area contributed by atoms with Gasteiger partial charge in [0.15, 0.2) is 0 Å². The Bertz CT molecular complexity index is 629. The van der Waals surface area contributed by atoms with Gasteiger partial charge in [-0.05, 0) is 41.8 Å². The maximum atomic E-state index is 10.9. The van der Waals surface area contributed by atoms with Crippen molar-refractivity contribution in [2.24, 2.45) is 0 Å². The standard InChI is InChI=1S/C15H15BrN2O2/c1-10-7-17-5-4-12(10)8-18-9-13-3-2-11(15(19)20)6-14(13)16/h2-7,18H,8-9H2,1H3,(H,19,20). The average Bonchev–Trinajstić information content (AvgIpc) is 2.42. The van der Waals surface area contributed by atoms with Crippen molar-refractivity contribution >= 4 is 21.9 Å². The van der Waals surface area contributed by atoms with Crippen molar-refractivity contribution in [3.8, 4) is 0 Å². The molecule has 0 radical (unpaired) electrons. The van der Waals surface area contributed by atoms with Gasteiger partial charge >= 0.3 is 5.97 Å². The maximum Gasteiger partial charge on any atom is 0.335 e. The molecule has 5 heteroatoms. The SMILES string of the molecule is Cc1cnccc1CNCc1ccc(C(=O)O)cc1Br. The van der Waals surface area contributed by atoms with Crippen molar-refractivity contribution < 1.29 is 9.90 Å². The van der Waals surface area contributed by atoms with E-state index in [1.165, 1.54) is 5.56 Å². The number of carboxylic acid groups (broad SMARTS) is 1. The van der Waals surface area contributed by atoms with Crippen molar-refractivity contribution in [2.45, 2.75) is 20.0 Å². The van der Waals surface area contributed by atoms with Crippen LogP contribution in [0.15, 0.2) is 41.1 Å². The first-order valence-corrected chi connectivity index (χ1v) is 6.99. The number of carbonyl (C=O) groups is 1. The summed E-state index contributed by atoms with van der Waals surface area (Å²) in [6, 6.07) is 7.05. The van der Waals surface area contributed by atoms with Gasteiger partial charge in [0, 0.05) is 30.0 Å². The van der Waals surface area contributed by atoms with Gasteiger partial charge in [0.1, 0.15) is 0 Å². The number of pyridine rings is 1. The third-order valence-corrected chi connectivity index (χ3v) is 3.81. The summed E-state index contributed by atoms with van der Waals surface area (Å²) < 4.78 is 0.802. The zero-order chi connectivity index (χ0) is 14.5. The Labute approximate surface area is 126 Å². The number of benzene rings is 1. The number of aromatic carboxylic acids is 1. The van der Waals surface area contributed by atoms with Gasteiger partial charge in [0.2, 0.25) is 0 Å². The predicted octanol–water partition coefficient (Wildman–Crippen LogP) is 3.14. The second-order valence-electron chi connectivity index (χ2n) is 4.52. The fraction of sp³-hybridized carbons (Fsp3) is 0.200. The molecule has 1 heterocycles. The number of nitrogens with zero attached hydrogens (tertiary/aromatic N) is 1. The second kappa shape index (κ2) is 6.63. The summed E-state index contributed by atoms with van der Waals surface area (Å²) in [7, 11) is 0. The van der Waals surface area contributed by atoms with Gasteiger partial charge in [-0.25, -0.2) is 4.79 Å². The molecule has 2 rings (SSSR count). The van der Waals surface area contributed by atoms with Crippen LogP contribution < -0.4 is 5.32 Å². The van der Waals surface area contributed by atoms with E-state index < -0.39 is 5.97 Å². The lowest BCUT2D eigenvalue weighted by Crippen LogP contribution is -2.14. The van der Waals surface area contributed by atoms with Crippen molar-refractivity contribution in [3.63, 3.8) is 0 Å². The minimum Gasteiger partial charge on any atom is -0.478 e. The molecule has 0 amide bonds. The van der Waals surface area contributed by atoms with Crippen molar-refractivity contribution in [1.29, 1.82) is 0 Å². The average molecular weight is 335 g/mol. The zero-order valence-electron chi connectivity index (χ0n) is 11.1. The predicted molar refractivity (Wildman–Crippen MR) is 80.6 cm³/mol. The number of hydrogen-bond donors (Lipinski definition) is 2. The lowest BCUT2D eigenvalue weighted by molar-refractivity contribution is 0.0697. The van der Waals surface area contributed by atoms with E-state index in [0.29, 0.717) is 6.54 Å². The lowest BCUT2D eigenvalue weighted by atomic mass is 10.1. The van der Waals surface area contributed by atoms with Crippen LogP contribution in [0.4, 0.5) is 0 Å². The molecular weight excluding hydrogens is 320 g/mol. The van der Waals surface area contributed by atoms with E-state index in [2.05, 4.69) is 26.2 Å². The molecule has 0 unspecified atom stereocenters. The van der Waals surface area contributed by atoms with E-state index in [0.717, 1.165) is 22.1 Å². The molecule has 0 atom stereocenters. The monoisotopic (exact) mass is 334 g/mol. The Kier molecular flexibility index (Phi) is 4.87. The number of nitrogens with one attached hydrogen (secondary N) is 1. The summed E-state index contributed by atoms with van der Waals surface area (Å²) in [5.74, 6) is -0.919. The molecule has 1 aromatic carbocycles. The molecule has 0 aliphatic heterocycles. The molecule has 1 aromatic heterocycles. The fourth-order valence-corrected chi connectivity index (χ4v) is 2.38. The Morgan fingerprint density at radius 1 is 1.30 bits per heavy atom. The summed E-state index contributed by atoms with van der Waals surface area (Å²) in [6.45, 7) is 3.45. The highest BCUT2D eigenvalue weighted by Gasteiger charge is 2.06. The normalized spacial score (nSPS) is 10.5. The van der Waals surface area contributed by atoms with Crippen LogP contribution in [0.1, 0.15) is 27.0 Å². The minimum absolute atomic E-state index is 0.283. The summed E-state index contributed by atoms with van der Waals surface area (Å²) >= 11 is 3.40. The highest BCUT2D eigenvalue weighted by atomic mass is 79.9. The summed E-state index contributed by atoms with van der Waals surface area (Å²) in [5.41, 5.74) is 3.67. The van der Waals surface area contributed by atoms with Gasteiger partial charge in [-0.15, -0.1) is 0 Å². The van der Waals surface area contributed by atoms with E-state index in [1.54, 1.807) is 18.3 Å². The molecule has 2 N–H and O–H groups in total. The summed E-state index contributed by atoms with van der Waals surface area (Å²) in [4.78, 5) is 14.9.